The molecule has 0 amide bonds. The van der Waals surface area contributed by atoms with Crippen LogP contribution < -0.4 is 0 Å². The maximum atomic E-state index is 11.6. The van der Waals surface area contributed by atoms with Crippen molar-refractivity contribution in [2.45, 2.75) is 39.2 Å². The van der Waals surface area contributed by atoms with E-state index in [0.29, 0.717) is 12.3 Å². The lowest BCUT2D eigenvalue weighted by Gasteiger charge is -2.41. The van der Waals surface area contributed by atoms with Crippen molar-refractivity contribution >= 4 is 25.7 Å². The Hall–Kier alpha value is -0.330. The van der Waals surface area contributed by atoms with Gasteiger partial charge in [-0.1, -0.05) is 13.8 Å². The number of hydrogen-bond acceptors (Lipinski definition) is 5. The summed E-state index contributed by atoms with van der Waals surface area (Å²) in [6.45, 7) is 7.15. The highest BCUT2D eigenvalue weighted by atomic mass is 35.7. The maximum Gasteiger partial charge on any atom is 0.306 e. The fourth-order valence-electron chi connectivity index (χ4n) is 3.31. The minimum atomic E-state index is -3.66. The molecule has 0 aromatic rings. The average Bonchev–Trinajstić information content (AvgIpc) is 2.56. The molecule has 0 radical (unpaired) electrons. The summed E-state index contributed by atoms with van der Waals surface area (Å²) >= 11 is 0. The Bertz CT molecular complexity index is 469. The quantitative estimate of drug-likeness (QED) is 0.581. The van der Waals surface area contributed by atoms with Crippen molar-refractivity contribution in [2.24, 2.45) is 11.3 Å². The van der Waals surface area contributed by atoms with Gasteiger partial charge in [0.1, 0.15) is 11.9 Å². The third-order valence-corrected chi connectivity index (χ3v) is 5.36. The van der Waals surface area contributed by atoms with Gasteiger partial charge in [-0.25, -0.2) is 8.42 Å². The summed E-state index contributed by atoms with van der Waals surface area (Å²) in [5, 5.41) is 0. The Balaban J connectivity index is 2.04. The van der Waals surface area contributed by atoms with Crippen LogP contribution in [0, 0.1) is 11.3 Å². The molecule has 0 saturated carbocycles. The van der Waals surface area contributed by atoms with Gasteiger partial charge in [-0.3, -0.25) is 4.79 Å². The minimum Gasteiger partial charge on any atom is -0.461 e. The second-order valence-electron chi connectivity index (χ2n) is 6.42. The number of likely N-dealkylation sites (tertiary alicyclic amines) is 1. The molecule has 2 heterocycles. The van der Waals surface area contributed by atoms with Crippen LogP contribution in [0.3, 0.4) is 0 Å². The van der Waals surface area contributed by atoms with Gasteiger partial charge in [-0.15, -0.1) is 0 Å². The van der Waals surface area contributed by atoms with Gasteiger partial charge >= 0.3 is 5.97 Å². The Kier molecular flexibility index (Phi) is 4.66. The van der Waals surface area contributed by atoms with Crippen LogP contribution in [-0.4, -0.2) is 50.8 Å². The summed E-state index contributed by atoms with van der Waals surface area (Å²) in [5.41, 5.74) is -0.341. The average molecular weight is 324 g/mol. The summed E-state index contributed by atoms with van der Waals surface area (Å²) in [5.74, 6) is 0.0296. The fourth-order valence-corrected chi connectivity index (χ4v) is 4.44. The topological polar surface area (TPSA) is 63.7 Å². The van der Waals surface area contributed by atoms with E-state index in [-0.39, 0.29) is 17.1 Å². The number of cyclic esters (lactones) is 1. The number of halogens is 1. The third-order valence-electron chi connectivity index (χ3n) is 4.28. The van der Waals surface area contributed by atoms with Crippen molar-refractivity contribution < 1.29 is 17.9 Å². The number of ether oxygens (including phenoxy) is 1. The molecule has 0 aliphatic carbocycles. The van der Waals surface area contributed by atoms with Gasteiger partial charge in [0.15, 0.2) is 0 Å². The fraction of sp³-hybridized carbons (Fsp3) is 0.923. The number of piperidine rings is 1. The highest BCUT2D eigenvalue weighted by molar-refractivity contribution is 8.13. The standard InChI is InChI=1S/C13H22ClNO4S/c1-10(2)8-15-5-3-13(4-6-15)7-12(16)19-11(13)9-20(14,17)18/h10-11H,3-9H2,1-2H3. The van der Waals surface area contributed by atoms with E-state index in [9.17, 15) is 13.2 Å². The van der Waals surface area contributed by atoms with Crippen LogP contribution in [0.15, 0.2) is 0 Å². The molecule has 1 unspecified atom stereocenters. The van der Waals surface area contributed by atoms with Crippen molar-refractivity contribution in [3.05, 3.63) is 0 Å². The first-order chi connectivity index (χ1) is 9.20. The second-order valence-corrected chi connectivity index (χ2v) is 9.24. The molecule has 2 aliphatic heterocycles. The molecule has 1 spiro atoms. The van der Waals surface area contributed by atoms with Crippen LogP contribution in [0.5, 0.6) is 0 Å². The second kappa shape index (κ2) is 5.81. The molecule has 0 aromatic heterocycles. The minimum absolute atomic E-state index is 0.273. The van der Waals surface area contributed by atoms with Crippen molar-refractivity contribution in [2.75, 3.05) is 25.4 Å². The van der Waals surface area contributed by atoms with Gasteiger partial charge < -0.3 is 9.64 Å². The maximum absolute atomic E-state index is 11.6. The molecule has 1 atom stereocenters. The molecule has 2 saturated heterocycles. The zero-order valence-electron chi connectivity index (χ0n) is 12.0. The summed E-state index contributed by atoms with van der Waals surface area (Å²) < 4.78 is 27.8. The first-order valence-electron chi connectivity index (χ1n) is 7.04. The number of nitrogens with zero attached hydrogens (tertiary/aromatic N) is 1. The number of carbonyl (C=O) groups excluding carboxylic acids is 1. The zero-order chi connectivity index (χ0) is 15.0. The zero-order valence-corrected chi connectivity index (χ0v) is 13.5. The molecule has 2 rings (SSSR count). The van der Waals surface area contributed by atoms with Gasteiger partial charge in [0, 0.05) is 22.6 Å². The Morgan fingerprint density at radius 2 is 2.00 bits per heavy atom. The van der Waals surface area contributed by atoms with E-state index in [1.165, 1.54) is 0 Å². The van der Waals surface area contributed by atoms with E-state index in [2.05, 4.69) is 18.7 Å². The van der Waals surface area contributed by atoms with E-state index in [0.717, 1.165) is 32.5 Å². The van der Waals surface area contributed by atoms with E-state index in [4.69, 9.17) is 15.4 Å². The van der Waals surface area contributed by atoms with Gasteiger partial charge in [0.05, 0.1) is 6.42 Å². The normalized spacial score (nSPS) is 27.2. The smallest absolute Gasteiger partial charge is 0.306 e. The highest BCUT2D eigenvalue weighted by Gasteiger charge is 2.51. The van der Waals surface area contributed by atoms with Gasteiger partial charge in [-0.05, 0) is 31.8 Å². The van der Waals surface area contributed by atoms with Gasteiger partial charge in [0.2, 0.25) is 9.05 Å². The number of rotatable bonds is 4. The van der Waals surface area contributed by atoms with Crippen LogP contribution in [0.4, 0.5) is 0 Å². The molecular weight excluding hydrogens is 302 g/mol. The first-order valence-corrected chi connectivity index (χ1v) is 9.52. The van der Waals surface area contributed by atoms with Crippen LogP contribution in [0.25, 0.3) is 0 Å². The van der Waals surface area contributed by atoms with Crippen LogP contribution >= 0.6 is 10.7 Å². The summed E-state index contributed by atoms with van der Waals surface area (Å²) in [4.78, 5) is 14.0. The molecule has 7 heteroatoms. The lowest BCUT2D eigenvalue weighted by Crippen LogP contribution is -2.46. The van der Waals surface area contributed by atoms with Crippen molar-refractivity contribution in [1.29, 1.82) is 0 Å². The van der Waals surface area contributed by atoms with Crippen LogP contribution in [0.1, 0.15) is 33.1 Å². The Morgan fingerprint density at radius 1 is 1.40 bits per heavy atom. The number of carbonyl (C=O) groups is 1. The molecule has 20 heavy (non-hydrogen) atoms. The predicted octanol–water partition coefficient (Wildman–Crippen LogP) is 1.61. The molecule has 116 valence electrons. The first kappa shape index (κ1) is 16.0. The molecule has 2 aliphatic rings. The van der Waals surface area contributed by atoms with Crippen molar-refractivity contribution in [3.8, 4) is 0 Å². The summed E-state index contributed by atoms with van der Waals surface area (Å²) in [6, 6.07) is 0. The third kappa shape index (κ3) is 3.86. The molecule has 0 N–H and O–H groups in total. The Morgan fingerprint density at radius 3 is 2.50 bits per heavy atom. The van der Waals surface area contributed by atoms with Crippen molar-refractivity contribution in [3.63, 3.8) is 0 Å². The number of esters is 1. The van der Waals surface area contributed by atoms with E-state index in [1.807, 2.05) is 0 Å². The monoisotopic (exact) mass is 323 g/mol. The molecule has 2 fully saturated rings. The molecular formula is C13H22ClNO4S. The predicted molar refractivity (Wildman–Crippen MR) is 77.1 cm³/mol. The lowest BCUT2D eigenvalue weighted by atomic mass is 9.73. The summed E-state index contributed by atoms with van der Waals surface area (Å²) in [6.07, 6.45) is 1.32. The van der Waals surface area contributed by atoms with E-state index < -0.39 is 15.2 Å². The molecule has 0 aromatic carbocycles. The highest BCUT2D eigenvalue weighted by Crippen LogP contribution is 2.45. The number of hydrogen-bond donors (Lipinski definition) is 0. The largest absolute Gasteiger partial charge is 0.461 e. The van der Waals surface area contributed by atoms with Gasteiger partial charge in [0.25, 0.3) is 0 Å². The van der Waals surface area contributed by atoms with E-state index >= 15 is 0 Å². The lowest BCUT2D eigenvalue weighted by molar-refractivity contribution is -0.141. The van der Waals surface area contributed by atoms with Gasteiger partial charge in [-0.2, -0.15) is 0 Å². The Labute approximate surface area is 125 Å². The van der Waals surface area contributed by atoms with Crippen molar-refractivity contribution in [1.82, 2.24) is 4.90 Å². The van der Waals surface area contributed by atoms with E-state index in [1.54, 1.807) is 0 Å². The van der Waals surface area contributed by atoms with Crippen LogP contribution in [-0.2, 0) is 18.6 Å². The SMILES string of the molecule is CC(C)CN1CCC2(CC1)CC(=O)OC2CS(=O)(=O)Cl. The summed E-state index contributed by atoms with van der Waals surface area (Å²) in [7, 11) is 1.67. The van der Waals surface area contributed by atoms with Crippen LogP contribution in [0.2, 0.25) is 0 Å². The molecule has 0 bridgehead atoms. The molecule has 5 nitrogen and oxygen atoms in total.